The van der Waals surface area contributed by atoms with E-state index in [1.165, 1.54) is 6.07 Å². The van der Waals surface area contributed by atoms with Gasteiger partial charge in [0.25, 0.3) is 0 Å². The van der Waals surface area contributed by atoms with E-state index in [4.69, 9.17) is 35.8 Å². The fourth-order valence-corrected chi connectivity index (χ4v) is 5.17. The molecular weight excluding hydrogens is 558 g/mol. The number of amidine groups is 2. The third kappa shape index (κ3) is 6.06. The van der Waals surface area contributed by atoms with Crippen LogP contribution in [0.15, 0.2) is 108 Å². The van der Waals surface area contributed by atoms with Gasteiger partial charge in [-0.15, -0.1) is 0 Å². The molecule has 0 unspecified atom stereocenters. The molecule has 0 bridgehead atoms. The highest BCUT2D eigenvalue weighted by molar-refractivity contribution is 7.89. The van der Waals surface area contributed by atoms with Gasteiger partial charge in [0, 0.05) is 22.8 Å². The number of hydrogen-bond acceptors (Lipinski definition) is 8. The lowest BCUT2D eigenvalue weighted by Crippen LogP contribution is -2.18. The minimum Gasteiger partial charge on any atom is -0.457 e. The summed E-state index contributed by atoms with van der Waals surface area (Å²) in [6, 6.07) is 28.3. The quantitative estimate of drug-likeness (QED) is 0.0722. The van der Waals surface area contributed by atoms with E-state index in [0.29, 0.717) is 50.6 Å². The first-order valence-corrected chi connectivity index (χ1v) is 13.9. The molecule has 0 aliphatic carbocycles. The van der Waals surface area contributed by atoms with Gasteiger partial charge in [0.15, 0.2) is 0 Å². The summed E-state index contributed by atoms with van der Waals surface area (Å²) in [6.45, 7) is 0. The summed E-state index contributed by atoms with van der Waals surface area (Å²) in [6.07, 6.45) is 0. The van der Waals surface area contributed by atoms with Crippen LogP contribution < -0.4 is 25.6 Å². The van der Waals surface area contributed by atoms with Crippen LogP contribution in [0.5, 0.6) is 23.0 Å². The van der Waals surface area contributed by atoms with Crippen molar-refractivity contribution in [1.82, 2.24) is 11.0 Å². The van der Waals surface area contributed by atoms with Gasteiger partial charge in [0.1, 0.15) is 34.7 Å². The minimum atomic E-state index is -4.12. The average Bonchev–Trinajstić information content (AvgIpc) is 2.99. The molecule has 0 aliphatic rings. The number of nitrogens with two attached hydrogens (primary N) is 1. The first-order valence-electron chi connectivity index (χ1n) is 12.4. The number of hydroxylamine groups is 2. The lowest BCUT2D eigenvalue weighted by atomic mass is 9.97. The largest absolute Gasteiger partial charge is 0.457 e. The molecule has 0 heterocycles. The van der Waals surface area contributed by atoms with Crippen molar-refractivity contribution in [2.75, 3.05) is 0 Å². The Balaban J connectivity index is 1.63. The predicted molar refractivity (Wildman–Crippen MR) is 157 cm³/mol. The van der Waals surface area contributed by atoms with Crippen molar-refractivity contribution in [3.05, 3.63) is 114 Å². The van der Waals surface area contributed by atoms with Crippen LogP contribution in [0.3, 0.4) is 0 Å². The lowest BCUT2D eigenvalue weighted by Gasteiger charge is -2.16. The normalized spacial score (nSPS) is 11.1. The topological polar surface area (TPSA) is 191 Å². The van der Waals surface area contributed by atoms with Crippen molar-refractivity contribution in [3.63, 3.8) is 0 Å². The number of nitrogens with one attached hydrogen (secondary N) is 4. The number of rotatable bonds is 8. The standard InChI is InChI=1S/C30H25N5O6S/c31-29(34-36)19-5-10-22(11-6-19)40-24-15-21(16-25(17-24)41-23-12-7-20(8-13-23)30(32)35-37)28-26-4-2-1-3-18(26)9-14-27(28)42(33,38)39/h1-17,36-37H,(H2,31,34)(H2,32,35)(H2,33,38,39). The highest BCUT2D eigenvalue weighted by Crippen LogP contribution is 2.40. The van der Waals surface area contributed by atoms with E-state index in [1.54, 1.807) is 95.9 Å². The summed E-state index contributed by atoms with van der Waals surface area (Å²) in [5, 5.41) is 40.5. The van der Waals surface area contributed by atoms with E-state index in [0.717, 1.165) is 5.39 Å². The number of sulfonamides is 1. The zero-order valence-electron chi connectivity index (χ0n) is 21.8. The van der Waals surface area contributed by atoms with Gasteiger partial charge in [-0.1, -0.05) is 30.3 Å². The predicted octanol–water partition coefficient (Wildman–Crippen LogP) is 5.35. The molecule has 0 atom stereocenters. The maximum absolute atomic E-state index is 12.7. The molecule has 0 spiro atoms. The Morgan fingerprint density at radius 2 is 1.17 bits per heavy atom. The second kappa shape index (κ2) is 11.7. The summed E-state index contributed by atoms with van der Waals surface area (Å²) >= 11 is 0. The van der Waals surface area contributed by atoms with Gasteiger partial charge in [-0.05, 0) is 83.1 Å². The maximum atomic E-state index is 12.7. The fraction of sp³-hybridized carbons (Fsp3) is 0. The molecule has 0 radical (unpaired) electrons. The van der Waals surface area contributed by atoms with Crippen LogP contribution in [-0.4, -0.2) is 30.5 Å². The third-order valence-corrected chi connectivity index (χ3v) is 7.30. The van der Waals surface area contributed by atoms with Crippen LogP contribution in [0.4, 0.5) is 0 Å². The van der Waals surface area contributed by atoms with Crippen molar-refractivity contribution in [3.8, 4) is 34.1 Å². The van der Waals surface area contributed by atoms with Gasteiger partial charge < -0.3 is 9.47 Å². The number of hydrogen-bond donors (Lipinski definition) is 7. The van der Waals surface area contributed by atoms with Crippen LogP contribution >= 0.6 is 0 Å². The third-order valence-electron chi connectivity index (χ3n) is 6.35. The van der Waals surface area contributed by atoms with E-state index in [-0.39, 0.29) is 16.6 Å². The van der Waals surface area contributed by atoms with Crippen molar-refractivity contribution in [2.24, 2.45) is 5.14 Å². The molecule has 11 nitrogen and oxygen atoms in total. The van der Waals surface area contributed by atoms with Gasteiger partial charge >= 0.3 is 0 Å². The molecule has 5 rings (SSSR count). The van der Waals surface area contributed by atoms with E-state index in [1.807, 2.05) is 12.1 Å². The Labute approximate surface area is 240 Å². The molecular formula is C30H25N5O6S. The fourth-order valence-electron chi connectivity index (χ4n) is 4.40. The van der Waals surface area contributed by atoms with E-state index in [9.17, 15) is 8.42 Å². The van der Waals surface area contributed by atoms with Crippen LogP contribution in [0, 0.1) is 10.8 Å². The molecule has 0 aromatic heterocycles. The van der Waals surface area contributed by atoms with Crippen LogP contribution in [0.2, 0.25) is 0 Å². The summed E-state index contributed by atoms with van der Waals surface area (Å²) in [5.74, 6) is 1.11. The molecule has 0 saturated carbocycles. The first kappa shape index (κ1) is 28.3. The Bertz CT molecular complexity index is 1830. The van der Waals surface area contributed by atoms with Crippen molar-refractivity contribution in [2.45, 2.75) is 4.90 Å². The number of ether oxygens (including phenoxy) is 2. The first-order chi connectivity index (χ1) is 20.2. The second-order valence-electron chi connectivity index (χ2n) is 9.12. The average molecular weight is 584 g/mol. The molecule has 5 aromatic carbocycles. The molecule has 12 heteroatoms. The molecule has 0 fully saturated rings. The highest BCUT2D eigenvalue weighted by atomic mass is 32.2. The van der Waals surface area contributed by atoms with Crippen molar-refractivity contribution < 1.29 is 28.3 Å². The summed E-state index contributed by atoms with van der Waals surface area (Å²) in [4.78, 5) is -0.0666. The van der Waals surface area contributed by atoms with Crippen LogP contribution in [0.1, 0.15) is 11.1 Å². The zero-order chi connectivity index (χ0) is 29.9. The SMILES string of the molecule is N=C(NO)c1ccc(Oc2cc(Oc3ccc(C(=N)NO)cc3)cc(-c3c(S(N)(=O)=O)ccc4ccccc34)c2)cc1. The molecule has 0 amide bonds. The molecule has 0 saturated heterocycles. The molecule has 212 valence electrons. The van der Waals surface area contributed by atoms with Crippen LogP contribution in [-0.2, 0) is 10.0 Å². The number of primary sulfonamides is 1. The minimum absolute atomic E-state index is 0.0666. The van der Waals surface area contributed by atoms with Crippen molar-refractivity contribution in [1.29, 1.82) is 10.8 Å². The zero-order valence-corrected chi connectivity index (χ0v) is 22.6. The van der Waals surface area contributed by atoms with E-state index in [2.05, 4.69) is 0 Å². The molecule has 0 aliphatic heterocycles. The Kier molecular flexibility index (Phi) is 7.86. The Morgan fingerprint density at radius 3 is 1.64 bits per heavy atom. The maximum Gasteiger partial charge on any atom is 0.238 e. The van der Waals surface area contributed by atoms with Gasteiger partial charge in [0.05, 0.1) is 4.90 Å². The molecule has 8 N–H and O–H groups in total. The van der Waals surface area contributed by atoms with Gasteiger partial charge in [0.2, 0.25) is 10.0 Å². The highest BCUT2D eigenvalue weighted by Gasteiger charge is 2.20. The van der Waals surface area contributed by atoms with Gasteiger partial charge in [-0.25, -0.2) is 13.6 Å². The molecule has 5 aromatic rings. The summed E-state index contributed by atoms with van der Waals surface area (Å²) in [5.41, 5.74) is 5.29. The smallest absolute Gasteiger partial charge is 0.238 e. The molecule has 42 heavy (non-hydrogen) atoms. The van der Waals surface area contributed by atoms with Crippen molar-refractivity contribution >= 4 is 32.5 Å². The monoisotopic (exact) mass is 583 g/mol. The number of benzene rings is 5. The Morgan fingerprint density at radius 1 is 0.667 bits per heavy atom. The van der Waals surface area contributed by atoms with Gasteiger partial charge in [-0.2, -0.15) is 0 Å². The van der Waals surface area contributed by atoms with Crippen LogP contribution in [0.25, 0.3) is 21.9 Å². The number of fused-ring (bicyclic) bond motifs is 1. The van der Waals surface area contributed by atoms with E-state index >= 15 is 0 Å². The summed E-state index contributed by atoms with van der Waals surface area (Å²) < 4.78 is 37.6. The van der Waals surface area contributed by atoms with Gasteiger partial charge in [-0.3, -0.25) is 32.2 Å². The Hall–Kier alpha value is -5.27. The second-order valence-corrected chi connectivity index (χ2v) is 10.7. The summed E-state index contributed by atoms with van der Waals surface area (Å²) in [7, 11) is -4.12. The van der Waals surface area contributed by atoms with E-state index < -0.39 is 10.0 Å². The lowest BCUT2D eigenvalue weighted by molar-refractivity contribution is 0.234.